The van der Waals surface area contributed by atoms with Crippen LogP contribution in [-0.2, 0) is 13.9 Å². The summed E-state index contributed by atoms with van der Waals surface area (Å²) in [5.41, 5.74) is 0. The molecule has 11 heavy (non-hydrogen) atoms. The zero-order chi connectivity index (χ0) is 8.69. The van der Waals surface area contributed by atoms with Gasteiger partial charge in [-0.2, -0.15) is 0 Å². The van der Waals surface area contributed by atoms with E-state index in [4.69, 9.17) is 4.89 Å². The van der Waals surface area contributed by atoms with Crippen LogP contribution in [0.1, 0.15) is 0 Å². The van der Waals surface area contributed by atoms with Gasteiger partial charge >= 0.3 is 8.25 Å². The first kappa shape index (κ1) is 10.2. The average molecular weight is 178 g/mol. The van der Waals surface area contributed by atoms with Gasteiger partial charge in [-0.05, 0) is 6.08 Å². The van der Waals surface area contributed by atoms with Gasteiger partial charge in [-0.25, -0.2) is 0 Å². The first-order chi connectivity index (χ1) is 5.16. The van der Waals surface area contributed by atoms with Crippen molar-refractivity contribution in [2.24, 2.45) is 0 Å². The van der Waals surface area contributed by atoms with E-state index in [1.807, 2.05) is 0 Å². The lowest BCUT2D eigenvalue weighted by molar-refractivity contribution is -0.116. The molecular formula is C5H9NO4P+. The Morgan fingerprint density at radius 3 is 2.91 bits per heavy atom. The Hall–Kier alpha value is -0.770. The Kier molecular flexibility index (Phi) is 5.56. The van der Waals surface area contributed by atoms with Crippen LogP contribution in [0.5, 0.6) is 0 Å². The van der Waals surface area contributed by atoms with Crippen LogP contribution in [0, 0.1) is 0 Å². The highest BCUT2D eigenvalue weighted by Crippen LogP contribution is 2.12. The summed E-state index contributed by atoms with van der Waals surface area (Å²) in [5, 5.41) is 2.37. The molecule has 0 saturated carbocycles. The number of amides is 1. The molecule has 6 heteroatoms. The smallest absolute Gasteiger partial charge is 0.350 e. The SMILES string of the molecule is C=CC(=O)NCCO[P+](=O)O. The molecule has 5 nitrogen and oxygen atoms in total. The predicted octanol–water partition coefficient (Wildman–Crippen LogP) is -0.0451. The first-order valence-corrected chi connectivity index (χ1v) is 3.99. The van der Waals surface area contributed by atoms with Crippen molar-refractivity contribution >= 4 is 14.2 Å². The highest BCUT2D eigenvalue weighted by Gasteiger charge is 2.10. The lowest BCUT2D eigenvalue weighted by Crippen LogP contribution is -2.24. The molecule has 62 valence electrons. The molecule has 1 atom stereocenters. The molecule has 0 aromatic rings. The fourth-order valence-electron chi connectivity index (χ4n) is 0.370. The monoisotopic (exact) mass is 178 g/mol. The summed E-state index contributed by atoms with van der Waals surface area (Å²) in [6.45, 7) is 3.43. The topological polar surface area (TPSA) is 75.6 Å². The Morgan fingerprint density at radius 1 is 1.82 bits per heavy atom. The second kappa shape index (κ2) is 5.97. The van der Waals surface area contributed by atoms with Crippen LogP contribution >= 0.6 is 8.25 Å². The number of rotatable bonds is 5. The van der Waals surface area contributed by atoms with Gasteiger partial charge in [0.05, 0.1) is 0 Å². The fourth-order valence-corrected chi connectivity index (χ4v) is 0.618. The number of hydrogen-bond acceptors (Lipinski definition) is 3. The average Bonchev–Trinajstić information content (AvgIpc) is 1.97. The third-order valence-corrected chi connectivity index (χ3v) is 1.19. The van der Waals surface area contributed by atoms with Crippen LogP contribution in [0.15, 0.2) is 12.7 Å². The highest BCUT2D eigenvalue weighted by atomic mass is 31.1. The van der Waals surface area contributed by atoms with Gasteiger partial charge in [0.15, 0.2) is 0 Å². The summed E-state index contributed by atoms with van der Waals surface area (Å²) in [6.07, 6.45) is 1.11. The van der Waals surface area contributed by atoms with Crippen molar-refractivity contribution < 1.29 is 18.8 Å². The van der Waals surface area contributed by atoms with Crippen LogP contribution in [-0.4, -0.2) is 24.0 Å². The van der Waals surface area contributed by atoms with E-state index in [9.17, 15) is 9.36 Å². The van der Waals surface area contributed by atoms with Crippen molar-refractivity contribution in [1.29, 1.82) is 0 Å². The minimum absolute atomic E-state index is 0.0191. The predicted molar refractivity (Wildman–Crippen MR) is 39.0 cm³/mol. The van der Waals surface area contributed by atoms with Crippen LogP contribution in [0.25, 0.3) is 0 Å². The number of hydrogen-bond donors (Lipinski definition) is 2. The summed E-state index contributed by atoms with van der Waals surface area (Å²) in [4.78, 5) is 18.6. The maximum Gasteiger partial charge on any atom is 0.694 e. The van der Waals surface area contributed by atoms with Crippen molar-refractivity contribution in [3.8, 4) is 0 Å². The van der Waals surface area contributed by atoms with Crippen LogP contribution in [0.3, 0.4) is 0 Å². The van der Waals surface area contributed by atoms with E-state index in [-0.39, 0.29) is 19.1 Å². The summed E-state index contributed by atoms with van der Waals surface area (Å²) in [5.74, 6) is -0.332. The maximum absolute atomic E-state index is 10.4. The van der Waals surface area contributed by atoms with Gasteiger partial charge in [0.2, 0.25) is 5.91 Å². The quantitative estimate of drug-likeness (QED) is 0.351. The molecule has 0 aromatic carbocycles. The molecule has 0 fully saturated rings. The summed E-state index contributed by atoms with van der Waals surface area (Å²) in [6, 6.07) is 0. The van der Waals surface area contributed by atoms with Crippen molar-refractivity contribution in [2.45, 2.75) is 0 Å². The zero-order valence-corrected chi connectivity index (χ0v) is 6.71. The summed E-state index contributed by atoms with van der Waals surface area (Å²) >= 11 is 0. The lowest BCUT2D eigenvalue weighted by Gasteiger charge is -1.94. The van der Waals surface area contributed by atoms with Gasteiger partial charge in [0.1, 0.15) is 6.61 Å². The molecule has 0 aliphatic rings. The number of carbonyl (C=O) groups is 1. The summed E-state index contributed by atoms with van der Waals surface area (Å²) < 4.78 is 14.2. The molecule has 0 rings (SSSR count). The highest BCUT2D eigenvalue weighted by molar-refractivity contribution is 7.32. The van der Waals surface area contributed by atoms with Crippen molar-refractivity contribution in [3.05, 3.63) is 12.7 Å². The van der Waals surface area contributed by atoms with E-state index >= 15 is 0 Å². The largest absolute Gasteiger partial charge is 0.694 e. The molecule has 0 aromatic heterocycles. The van der Waals surface area contributed by atoms with E-state index in [2.05, 4.69) is 16.4 Å². The molecule has 0 spiro atoms. The zero-order valence-electron chi connectivity index (χ0n) is 5.82. The minimum Gasteiger partial charge on any atom is -0.350 e. The lowest BCUT2D eigenvalue weighted by atomic mass is 10.5. The van der Waals surface area contributed by atoms with Crippen LogP contribution < -0.4 is 5.32 Å². The maximum atomic E-state index is 10.4. The second-order valence-corrected chi connectivity index (χ2v) is 2.30. The van der Waals surface area contributed by atoms with Gasteiger partial charge in [-0.3, -0.25) is 4.79 Å². The van der Waals surface area contributed by atoms with Gasteiger partial charge in [0.25, 0.3) is 0 Å². The first-order valence-electron chi connectivity index (χ1n) is 2.86. The minimum atomic E-state index is -2.56. The molecule has 0 bridgehead atoms. The second-order valence-electron chi connectivity index (χ2n) is 1.57. The Morgan fingerprint density at radius 2 is 2.45 bits per heavy atom. The molecule has 1 unspecified atom stereocenters. The third-order valence-electron chi connectivity index (χ3n) is 0.788. The third kappa shape index (κ3) is 7.12. The van der Waals surface area contributed by atoms with Crippen molar-refractivity contribution in [2.75, 3.05) is 13.2 Å². The van der Waals surface area contributed by atoms with Crippen molar-refractivity contribution in [1.82, 2.24) is 5.32 Å². The number of carbonyl (C=O) groups excluding carboxylic acids is 1. The molecular weight excluding hydrogens is 169 g/mol. The fraction of sp³-hybridized carbons (Fsp3) is 0.400. The van der Waals surface area contributed by atoms with E-state index in [0.717, 1.165) is 6.08 Å². The normalized spacial score (nSPS) is 10.5. The van der Waals surface area contributed by atoms with E-state index in [1.54, 1.807) is 0 Å². The molecule has 2 N–H and O–H groups in total. The molecule has 0 aliphatic carbocycles. The van der Waals surface area contributed by atoms with Gasteiger partial charge in [0, 0.05) is 11.1 Å². The Labute approximate surface area is 65.0 Å². The van der Waals surface area contributed by atoms with Gasteiger partial charge < -0.3 is 5.32 Å². The molecule has 0 heterocycles. The van der Waals surface area contributed by atoms with E-state index in [1.165, 1.54) is 0 Å². The molecule has 0 saturated heterocycles. The Balaban J connectivity index is 3.21. The molecule has 0 radical (unpaired) electrons. The van der Waals surface area contributed by atoms with E-state index in [0.29, 0.717) is 0 Å². The van der Waals surface area contributed by atoms with Gasteiger partial charge in [-0.15, -0.1) is 9.42 Å². The van der Waals surface area contributed by atoms with Crippen LogP contribution in [0.4, 0.5) is 0 Å². The van der Waals surface area contributed by atoms with Crippen LogP contribution in [0.2, 0.25) is 0 Å². The molecule has 0 aliphatic heterocycles. The van der Waals surface area contributed by atoms with E-state index < -0.39 is 8.25 Å². The number of nitrogens with one attached hydrogen (secondary N) is 1. The Bertz CT molecular complexity index is 170. The van der Waals surface area contributed by atoms with Gasteiger partial charge in [-0.1, -0.05) is 6.58 Å². The molecule has 1 amide bonds. The standard InChI is InChI=1S/C5H8NO4P/c1-2-5(7)6-3-4-10-11(8)9/h2H,1,3-4H2,(H-,6,7,8,9)/p+1. The summed E-state index contributed by atoms with van der Waals surface area (Å²) in [7, 11) is -2.56. The van der Waals surface area contributed by atoms with Crippen molar-refractivity contribution in [3.63, 3.8) is 0 Å².